The molecule has 0 saturated carbocycles. The van der Waals surface area contributed by atoms with Gasteiger partial charge in [-0.05, 0) is 73.4 Å². The van der Waals surface area contributed by atoms with Gasteiger partial charge >= 0.3 is 5.91 Å². The number of Topliss-reactive ketones (excluding diaryl/α,β-unsaturated/α-hetero) is 1. The van der Waals surface area contributed by atoms with Gasteiger partial charge in [0, 0.05) is 11.3 Å². The summed E-state index contributed by atoms with van der Waals surface area (Å²) in [6.45, 7) is 7.05. The molecule has 9 nitrogen and oxygen atoms in total. The van der Waals surface area contributed by atoms with Crippen molar-refractivity contribution in [3.63, 3.8) is 0 Å². The third kappa shape index (κ3) is 8.27. The molecule has 0 aliphatic carbocycles. The van der Waals surface area contributed by atoms with Gasteiger partial charge in [-0.2, -0.15) is 0 Å². The summed E-state index contributed by atoms with van der Waals surface area (Å²) in [5, 5.41) is 20.7. The van der Waals surface area contributed by atoms with E-state index in [1.807, 2.05) is 32.0 Å². The first kappa shape index (κ1) is 35.7. The fraction of sp³-hybridized carbons (Fsp3) is 0.250. The number of thioether (sulfide) groups is 1. The quantitative estimate of drug-likeness (QED) is 0.0300. The number of hydrogen-bond donors (Lipinski definition) is 1. The van der Waals surface area contributed by atoms with Crippen molar-refractivity contribution in [3.8, 4) is 17.2 Å². The van der Waals surface area contributed by atoms with Gasteiger partial charge in [-0.1, -0.05) is 102 Å². The maximum absolute atomic E-state index is 13.8. The van der Waals surface area contributed by atoms with Gasteiger partial charge < -0.3 is 19.3 Å². The smallest absolute Gasteiger partial charge is 0.301 e. The molecule has 1 aliphatic rings. The molecule has 1 saturated heterocycles. The Labute approximate surface area is 305 Å². The van der Waals surface area contributed by atoms with Crippen molar-refractivity contribution in [2.45, 2.75) is 56.4 Å². The highest BCUT2D eigenvalue weighted by Crippen LogP contribution is 2.45. The number of benzene rings is 4. The minimum Gasteiger partial charge on any atom is -0.507 e. The summed E-state index contributed by atoms with van der Waals surface area (Å²) in [4.78, 5) is 29.0. The summed E-state index contributed by atoms with van der Waals surface area (Å²) in [6.07, 6.45) is 1.85. The van der Waals surface area contributed by atoms with Gasteiger partial charge in [0.25, 0.3) is 5.78 Å². The van der Waals surface area contributed by atoms with Gasteiger partial charge in [-0.15, -0.1) is 10.2 Å². The molecule has 1 atom stereocenters. The summed E-state index contributed by atoms with van der Waals surface area (Å²) in [7, 11) is 1.54. The van der Waals surface area contributed by atoms with Crippen LogP contribution in [0.1, 0.15) is 59.2 Å². The van der Waals surface area contributed by atoms with E-state index >= 15 is 0 Å². The van der Waals surface area contributed by atoms with E-state index in [1.54, 1.807) is 42.5 Å². The number of amides is 1. The van der Waals surface area contributed by atoms with Crippen molar-refractivity contribution in [3.05, 3.63) is 130 Å². The number of carbonyl (C=O) groups excluding carboxylic acids is 2. The Balaban J connectivity index is 1.33. The molecule has 0 spiro atoms. The van der Waals surface area contributed by atoms with Crippen molar-refractivity contribution < 1.29 is 28.9 Å². The summed E-state index contributed by atoms with van der Waals surface area (Å²) >= 11 is 2.71. The van der Waals surface area contributed by atoms with E-state index in [1.165, 1.54) is 40.7 Å². The number of aliphatic hydroxyl groups is 1. The van der Waals surface area contributed by atoms with Gasteiger partial charge in [0.2, 0.25) is 5.13 Å². The van der Waals surface area contributed by atoms with Crippen LogP contribution in [0.4, 0.5) is 5.13 Å². The summed E-state index contributed by atoms with van der Waals surface area (Å²) in [5.41, 5.74) is 5.31. The van der Waals surface area contributed by atoms with Crippen LogP contribution in [-0.4, -0.2) is 40.7 Å². The second-order valence-corrected chi connectivity index (χ2v) is 14.4. The first-order chi connectivity index (χ1) is 24.7. The third-order valence-electron chi connectivity index (χ3n) is 8.40. The van der Waals surface area contributed by atoms with Gasteiger partial charge in [0.1, 0.15) is 18.1 Å². The second kappa shape index (κ2) is 16.3. The molecule has 6 rings (SSSR count). The zero-order valence-corrected chi connectivity index (χ0v) is 30.6. The van der Waals surface area contributed by atoms with Crippen LogP contribution >= 0.6 is 23.1 Å². The molecule has 1 N–H and O–H groups in total. The zero-order chi connectivity index (χ0) is 35.9. The summed E-state index contributed by atoms with van der Waals surface area (Å²) < 4.78 is 18.2. The van der Waals surface area contributed by atoms with Gasteiger partial charge in [-0.25, -0.2) is 0 Å². The van der Waals surface area contributed by atoms with E-state index < -0.39 is 17.7 Å². The highest BCUT2D eigenvalue weighted by atomic mass is 32.2. The summed E-state index contributed by atoms with van der Waals surface area (Å²) in [6, 6.07) is 27.3. The van der Waals surface area contributed by atoms with Crippen LogP contribution in [0.3, 0.4) is 0 Å². The number of aromatic nitrogens is 2. The van der Waals surface area contributed by atoms with E-state index in [2.05, 4.69) is 47.5 Å². The third-order valence-corrected chi connectivity index (χ3v) is 10.5. The van der Waals surface area contributed by atoms with Gasteiger partial charge in [0.05, 0.1) is 25.3 Å². The standard InChI is InChI=1S/C40H39N3O6S2/c1-5-6-20-48-32-19-16-30(22-33(32)47-4)35-34(36(44)29-14-17-31(18-15-29)49-23-28-9-7-8-26(3)21-28)37(45)38(46)43(35)39-41-42-40(51-39)50-24-27-12-10-25(2)11-13-27/h7-19,21-22,35,44H,5-6,20,23-24H2,1-4H3. The molecule has 1 amide bonds. The van der Waals surface area contributed by atoms with Crippen molar-refractivity contribution >= 4 is 45.7 Å². The highest BCUT2D eigenvalue weighted by molar-refractivity contribution is 8.00. The first-order valence-corrected chi connectivity index (χ1v) is 18.5. The molecule has 262 valence electrons. The minimum atomic E-state index is -1.01. The normalized spacial score (nSPS) is 15.3. The zero-order valence-electron chi connectivity index (χ0n) is 28.9. The second-order valence-electron chi connectivity index (χ2n) is 12.2. The molecule has 1 unspecified atom stereocenters. The number of hydrogen-bond acceptors (Lipinski definition) is 10. The van der Waals surface area contributed by atoms with E-state index in [0.29, 0.717) is 51.7 Å². The molecule has 51 heavy (non-hydrogen) atoms. The number of ether oxygens (including phenoxy) is 3. The van der Waals surface area contributed by atoms with Crippen LogP contribution < -0.4 is 19.1 Å². The number of rotatable bonds is 14. The molecular weight excluding hydrogens is 683 g/mol. The lowest BCUT2D eigenvalue weighted by atomic mass is 9.95. The largest absolute Gasteiger partial charge is 0.507 e. The van der Waals surface area contributed by atoms with Crippen LogP contribution in [0.25, 0.3) is 5.76 Å². The average molecular weight is 722 g/mol. The first-order valence-electron chi connectivity index (χ1n) is 16.7. The SMILES string of the molecule is CCCCOc1ccc(C2C(=C(O)c3ccc(OCc4cccc(C)c4)cc3)C(=O)C(=O)N2c2nnc(SCc3ccc(C)cc3)s2)cc1OC. The Morgan fingerprint density at radius 3 is 2.39 bits per heavy atom. The Kier molecular flexibility index (Phi) is 11.4. The molecule has 1 aromatic heterocycles. The number of carbonyl (C=O) groups is 2. The lowest BCUT2D eigenvalue weighted by molar-refractivity contribution is -0.132. The van der Waals surface area contributed by atoms with Crippen molar-refractivity contribution in [1.29, 1.82) is 0 Å². The van der Waals surface area contributed by atoms with E-state index in [4.69, 9.17) is 14.2 Å². The van der Waals surface area contributed by atoms with Crippen LogP contribution in [0.5, 0.6) is 17.2 Å². The molecule has 0 radical (unpaired) electrons. The van der Waals surface area contributed by atoms with Crippen LogP contribution in [0.2, 0.25) is 0 Å². The maximum Gasteiger partial charge on any atom is 0.301 e. The number of nitrogens with zero attached hydrogens (tertiary/aromatic N) is 3. The molecule has 2 heterocycles. The number of anilines is 1. The Hall–Kier alpha value is -5.13. The van der Waals surface area contributed by atoms with Crippen LogP contribution in [0, 0.1) is 13.8 Å². The fourth-order valence-corrected chi connectivity index (χ4v) is 7.49. The number of unbranched alkanes of at least 4 members (excludes halogenated alkanes) is 1. The van der Waals surface area contributed by atoms with Crippen molar-refractivity contribution in [1.82, 2.24) is 10.2 Å². The molecule has 5 aromatic rings. The van der Waals surface area contributed by atoms with E-state index in [-0.39, 0.29) is 16.5 Å². The van der Waals surface area contributed by atoms with Gasteiger partial charge in [0.15, 0.2) is 15.8 Å². The van der Waals surface area contributed by atoms with E-state index in [0.717, 1.165) is 29.5 Å². The fourth-order valence-electron chi connectivity index (χ4n) is 5.67. The number of ketones is 1. The monoisotopic (exact) mass is 721 g/mol. The lowest BCUT2D eigenvalue weighted by Gasteiger charge is -2.23. The number of aryl methyl sites for hydroxylation is 2. The van der Waals surface area contributed by atoms with Crippen molar-refractivity contribution in [2.75, 3.05) is 18.6 Å². The highest BCUT2D eigenvalue weighted by Gasteiger charge is 2.48. The van der Waals surface area contributed by atoms with Crippen LogP contribution in [-0.2, 0) is 21.9 Å². The molecule has 1 aliphatic heterocycles. The minimum absolute atomic E-state index is 0.0702. The Morgan fingerprint density at radius 2 is 1.67 bits per heavy atom. The Morgan fingerprint density at radius 1 is 0.882 bits per heavy atom. The predicted octanol–water partition coefficient (Wildman–Crippen LogP) is 8.84. The molecule has 1 fully saturated rings. The average Bonchev–Trinajstić information content (AvgIpc) is 3.72. The Bertz CT molecular complexity index is 2040. The predicted molar refractivity (Wildman–Crippen MR) is 201 cm³/mol. The van der Waals surface area contributed by atoms with Gasteiger partial charge in [-0.3, -0.25) is 14.5 Å². The molecule has 0 bridgehead atoms. The van der Waals surface area contributed by atoms with Crippen LogP contribution in [0.15, 0.2) is 101 Å². The van der Waals surface area contributed by atoms with E-state index in [9.17, 15) is 14.7 Å². The lowest BCUT2D eigenvalue weighted by Crippen LogP contribution is -2.29. The molecule has 4 aromatic carbocycles. The number of methoxy groups -OCH3 is 1. The summed E-state index contributed by atoms with van der Waals surface area (Å²) in [5.74, 6) is 0.287. The molecule has 11 heteroatoms. The molecular formula is C40H39N3O6S2. The topological polar surface area (TPSA) is 111 Å². The number of aliphatic hydroxyl groups excluding tert-OH is 1. The van der Waals surface area contributed by atoms with Crippen molar-refractivity contribution in [2.24, 2.45) is 0 Å². The maximum atomic E-state index is 13.8.